The number of benzene rings is 3. The van der Waals surface area contributed by atoms with Crippen LogP contribution in [0.1, 0.15) is 0 Å². The zero-order chi connectivity index (χ0) is 9.38. The van der Waals surface area contributed by atoms with Gasteiger partial charge in [0.2, 0.25) is 0 Å². The molecule has 0 bridgehead atoms. The van der Waals surface area contributed by atoms with Crippen LogP contribution >= 0.6 is 0 Å². The van der Waals surface area contributed by atoms with Crippen molar-refractivity contribution in [3.63, 3.8) is 0 Å². The van der Waals surface area contributed by atoms with E-state index in [2.05, 4.69) is 54.6 Å². The maximum Gasteiger partial charge on any atom is 3.00 e. The summed E-state index contributed by atoms with van der Waals surface area (Å²) in [7, 11) is 0. The molecule has 0 aliphatic heterocycles. The van der Waals surface area contributed by atoms with Crippen molar-refractivity contribution in [1.82, 2.24) is 0 Å². The van der Waals surface area contributed by atoms with Crippen molar-refractivity contribution in [3.05, 3.63) is 60.7 Å². The van der Waals surface area contributed by atoms with Crippen LogP contribution in [-0.4, -0.2) is 0 Å². The molecule has 0 aliphatic rings. The molecule has 0 nitrogen and oxygen atoms in total. The zero-order valence-corrected chi connectivity index (χ0v) is 11.1. The molecule has 0 aromatic heterocycles. The standard InChI is InChI=1S/C14H9.Y/c1-3-7-13-11(5-1)9-10-12-6-2-4-8-14(12)13;/h1-9H;/q-1;+3. The smallest absolute Gasteiger partial charge is 0.143 e. The summed E-state index contributed by atoms with van der Waals surface area (Å²) in [5.74, 6) is 0. The predicted octanol–water partition coefficient (Wildman–Crippen LogP) is 3.79. The Morgan fingerprint density at radius 3 is 2.27 bits per heavy atom. The van der Waals surface area contributed by atoms with E-state index in [1.54, 1.807) is 0 Å². The SMILES string of the molecule is [Y+3].[c-]1cc2ccccc2c2ccccc12. The van der Waals surface area contributed by atoms with Gasteiger partial charge in [-0.1, -0.05) is 47.2 Å². The minimum atomic E-state index is 0. The Labute approximate surface area is 114 Å². The van der Waals surface area contributed by atoms with Gasteiger partial charge < -0.3 is 0 Å². The Bertz CT molecular complexity index is 544. The molecule has 15 heavy (non-hydrogen) atoms. The van der Waals surface area contributed by atoms with Crippen molar-refractivity contribution in [2.45, 2.75) is 0 Å². The minimum absolute atomic E-state index is 0. The number of hydrogen-bond donors (Lipinski definition) is 0. The fourth-order valence-electron chi connectivity index (χ4n) is 1.87. The van der Waals surface area contributed by atoms with Crippen LogP contribution in [0.25, 0.3) is 21.5 Å². The fraction of sp³-hybridized carbons (Fsp3) is 0. The summed E-state index contributed by atoms with van der Waals surface area (Å²) < 4.78 is 0. The largest absolute Gasteiger partial charge is 3.00 e. The third-order valence-electron chi connectivity index (χ3n) is 2.56. The summed E-state index contributed by atoms with van der Waals surface area (Å²) >= 11 is 0. The quantitative estimate of drug-likeness (QED) is 0.429. The molecular formula is C14H9Y+2. The molecule has 0 atom stereocenters. The van der Waals surface area contributed by atoms with Gasteiger partial charge in [-0.15, -0.1) is 35.0 Å². The molecule has 3 rings (SSSR count). The summed E-state index contributed by atoms with van der Waals surface area (Å²) in [5, 5.41) is 5.03. The molecule has 0 aliphatic carbocycles. The van der Waals surface area contributed by atoms with Crippen LogP contribution in [0, 0.1) is 6.07 Å². The molecule has 0 heterocycles. The molecule has 0 spiro atoms. The first-order valence-corrected chi connectivity index (χ1v) is 4.73. The van der Waals surface area contributed by atoms with Gasteiger partial charge in [-0.2, -0.15) is 0 Å². The molecule has 0 radical (unpaired) electrons. The molecule has 0 amide bonds. The fourth-order valence-corrected chi connectivity index (χ4v) is 1.87. The topological polar surface area (TPSA) is 0 Å². The van der Waals surface area contributed by atoms with Crippen molar-refractivity contribution in [1.29, 1.82) is 0 Å². The maximum atomic E-state index is 3.29. The number of fused-ring (bicyclic) bond motifs is 3. The van der Waals surface area contributed by atoms with Crippen molar-refractivity contribution in [3.8, 4) is 0 Å². The molecule has 3 aromatic rings. The van der Waals surface area contributed by atoms with Gasteiger partial charge in [0.1, 0.15) is 0 Å². The Balaban J connectivity index is 0.000000853. The van der Waals surface area contributed by atoms with Crippen LogP contribution in [-0.2, 0) is 32.7 Å². The van der Waals surface area contributed by atoms with E-state index in [0.29, 0.717) is 0 Å². The minimum Gasteiger partial charge on any atom is -0.143 e. The molecule has 0 saturated heterocycles. The van der Waals surface area contributed by atoms with Crippen molar-refractivity contribution < 1.29 is 32.7 Å². The van der Waals surface area contributed by atoms with E-state index >= 15 is 0 Å². The molecule has 3 aromatic carbocycles. The molecule has 66 valence electrons. The van der Waals surface area contributed by atoms with Crippen LogP contribution in [0.15, 0.2) is 54.6 Å². The van der Waals surface area contributed by atoms with Gasteiger partial charge in [0.15, 0.2) is 0 Å². The summed E-state index contributed by atoms with van der Waals surface area (Å²) in [6, 6.07) is 22.1. The Morgan fingerprint density at radius 2 is 1.40 bits per heavy atom. The van der Waals surface area contributed by atoms with E-state index in [0.717, 1.165) is 0 Å². The van der Waals surface area contributed by atoms with Gasteiger partial charge in [-0.05, 0) is 0 Å². The second kappa shape index (κ2) is 4.42. The van der Waals surface area contributed by atoms with Gasteiger partial charge in [0.05, 0.1) is 0 Å². The third kappa shape index (κ3) is 1.84. The first-order valence-electron chi connectivity index (χ1n) is 4.73. The van der Waals surface area contributed by atoms with Crippen LogP contribution in [0.4, 0.5) is 0 Å². The van der Waals surface area contributed by atoms with Crippen molar-refractivity contribution in [2.75, 3.05) is 0 Å². The Morgan fingerprint density at radius 1 is 0.733 bits per heavy atom. The van der Waals surface area contributed by atoms with Gasteiger partial charge in [-0.25, -0.2) is 0 Å². The van der Waals surface area contributed by atoms with E-state index in [9.17, 15) is 0 Å². The van der Waals surface area contributed by atoms with E-state index < -0.39 is 0 Å². The average molecular weight is 266 g/mol. The molecule has 0 N–H and O–H groups in total. The molecule has 1 heteroatoms. The van der Waals surface area contributed by atoms with Gasteiger partial charge in [0.25, 0.3) is 0 Å². The number of rotatable bonds is 0. The first-order chi connectivity index (χ1) is 6.95. The van der Waals surface area contributed by atoms with Crippen molar-refractivity contribution >= 4 is 21.5 Å². The van der Waals surface area contributed by atoms with Crippen LogP contribution < -0.4 is 0 Å². The second-order valence-corrected chi connectivity index (χ2v) is 3.42. The predicted molar refractivity (Wildman–Crippen MR) is 60.3 cm³/mol. The monoisotopic (exact) mass is 266 g/mol. The van der Waals surface area contributed by atoms with Crippen LogP contribution in [0.5, 0.6) is 0 Å². The van der Waals surface area contributed by atoms with Gasteiger partial charge in [0, 0.05) is 0 Å². The number of hydrogen-bond acceptors (Lipinski definition) is 0. The van der Waals surface area contributed by atoms with Crippen molar-refractivity contribution in [2.24, 2.45) is 0 Å². The van der Waals surface area contributed by atoms with Gasteiger partial charge in [-0.3, -0.25) is 0 Å². The average Bonchev–Trinajstić information content (AvgIpc) is 2.29. The van der Waals surface area contributed by atoms with Gasteiger partial charge >= 0.3 is 32.7 Å². The maximum absolute atomic E-state index is 3.29. The van der Waals surface area contributed by atoms with E-state index in [1.165, 1.54) is 21.5 Å². The zero-order valence-electron chi connectivity index (χ0n) is 8.27. The molecule has 0 unspecified atom stereocenters. The summed E-state index contributed by atoms with van der Waals surface area (Å²) in [5.41, 5.74) is 0. The van der Waals surface area contributed by atoms with Crippen LogP contribution in [0.2, 0.25) is 0 Å². The molecule has 0 saturated carbocycles. The Hall–Kier alpha value is -0.716. The van der Waals surface area contributed by atoms with E-state index in [1.807, 2.05) is 6.07 Å². The normalized spacial score (nSPS) is 10.1. The van der Waals surface area contributed by atoms with E-state index in [4.69, 9.17) is 0 Å². The Kier molecular flexibility index (Phi) is 3.18. The summed E-state index contributed by atoms with van der Waals surface area (Å²) in [6.45, 7) is 0. The summed E-state index contributed by atoms with van der Waals surface area (Å²) in [4.78, 5) is 0. The second-order valence-electron chi connectivity index (χ2n) is 3.42. The molecule has 0 fully saturated rings. The molecular weight excluding hydrogens is 257 g/mol. The van der Waals surface area contributed by atoms with Crippen LogP contribution in [0.3, 0.4) is 0 Å². The third-order valence-corrected chi connectivity index (χ3v) is 2.56. The summed E-state index contributed by atoms with van der Waals surface area (Å²) in [6.07, 6.45) is 0. The van der Waals surface area contributed by atoms with E-state index in [-0.39, 0.29) is 32.7 Å². The first kappa shape index (κ1) is 10.8.